The smallest absolute Gasteiger partial charge is 0.278 e. The number of carbonyl (C=O) groups is 1. The fourth-order valence-corrected chi connectivity index (χ4v) is 3.62. The quantitative estimate of drug-likeness (QED) is 0.697. The molecule has 0 saturated heterocycles. The lowest BCUT2D eigenvalue weighted by molar-refractivity contribution is -0.122. The van der Waals surface area contributed by atoms with Gasteiger partial charge in [-0.15, -0.1) is 0 Å². The Morgan fingerprint density at radius 2 is 1.90 bits per heavy atom. The van der Waals surface area contributed by atoms with Gasteiger partial charge in [-0.05, 0) is 46.1 Å². The van der Waals surface area contributed by atoms with Crippen LogP contribution in [-0.2, 0) is 11.3 Å². The third kappa shape index (κ3) is 3.81. The van der Waals surface area contributed by atoms with Crippen LogP contribution in [0.5, 0.6) is 0 Å². The molecule has 1 aliphatic carbocycles. The van der Waals surface area contributed by atoms with Crippen molar-refractivity contribution in [2.24, 2.45) is 0 Å². The lowest BCUT2D eigenvalue weighted by Gasteiger charge is -2.15. The van der Waals surface area contributed by atoms with Crippen LogP contribution < -0.4 is 10.9 Å². The summed E-state index contributed by atoms with van der Waals surface area (Å²) in [4.78, 5) is 25.7. The van der Waals surface area contributed by atoms with E-state index in [1.807, 2.05) is 56.6 Å². The number of nitrogens with one attached hydrogen (secondary N) is 1. The highest BCUT2D eigenvalue weighted by molar-refractivity contribution is 5.82. The SMILES string of the molecule is Cc1ccc(C(C)NC(=O)Cn2ncc3c(c(C4CC4)nn3C(C)C)c2=O)cc1. The molecule has 0 aliphatic heterocycles. The first-order chi connectivity index (χ1) is 13.8. The van der Waals surface area contributed by atoms with Gasteiger partial charge in [0.05, 0.1) is 28.8 Å². The molecule has 4 rings (SSSR count). The lowest BCUT2D eigenvalue weighted by Crippen LogP contribution is -2.35. The van der Waals surface area contributed by atoms with E-state index in [4.69, 9.17) is 0 Å². The van der Waals surface area contributed by atoms with Gasteiger partial charge in [0.25, 0.3) is 5.56 Å². The molecule has 1 saturated carbocycles. The zero-order valence-electron chi connectivity index (χ0n) is 17.3. The molecule has 7 heteroatoms. The van der Waals surface area contributed by atoms with Crippen molar-refractivity contribution in [3.8, 4) is 0 Å². The maximum atomic E-state index is 13.1. The van der Waals surface area contributed by atoms with Gasteiger partial charge in [0, 0.05) is 12.0 Å². The fourth-order valence-electron chi connectivity index (χ4n) is 3.62. The summed E-state index contributed by atoms with van der Waals surface area (Å²) in [5.41, 5.74) is 3.55. The van der Waals surface area contributed by atoms with E-state index in [0.29, 0.717) is 11.3 Å². The van der Waals surface area contributed by atoms with E-state index in [0.717, 1.165) is 29.6 Å². The Morgan fingerprint density at radius 3 is 2.52 bits per heavy atom. The van der Waals surface area contributed by atoms with E-state index >= 15 is 0 Å². The number of hydrogen-bond acceptors (Lipinski definition) is 4. The molecule has 3 aromatic rings. The Morgan fingerprint density at radius 1 is 1.21 bits per heavy atom. The molecule has 1 fully saturated rings. The van der Waals surface area contributed by atoms with Crippen LogP contribution in [0.2, 0.25) is 0 Å². The zero-order valence-corrected chi connectivity index (χ0v) is 17.3. The number of aromatic nitrogens is 4. The van der Waals surface area contributed by atoms with Gasteiger partial charge in [-0.25, -0.2) is 4.68 Å². The van der Waals surface area contributed by atoms with Crippen LogP contribution in [0.25, 0.3) is 10.9 Å². The molecule has 1 unspecified atom stereocenters. The fraction of sp³-hybridized carbons (Fsp3) is 0.455. The Bertz CT molecular complexity index is 1110. The Labute approximate surface area is 169 Å². The first-order valence-electron chi connectivity index (χ1n) is 10.2. The van der Waals surface area contributed by atoms with Crippen LogP contribution in [0.15, 0.2) is 35.3 Å². The highest BCUT2D eigenvalue weighted by atomic mass is 16.2. The van der Waals surface area contributed by atoms with Gasteiger partial charge < -0.3 is 5.32 Å². The van der Waals surface area contributed by atoms with Gasteiger partial charge in [0.1, 0.15) is 6.54 Å². The van der Waals surface area contributed by atoms with Gasteiger partial charge in [-0.1, -0.05) is 29.8 Å². The van der Waals surface area contributed by atoms with E-state index in [1.165, 1.54) is 10.2 Å². The predicted molar refractivity (Wildman–Crippen MR) is 112 cm³/mol. The van der Waals surface area contributed by atoms with Crippen LogP contribution in [0.3, 0.4) is 0 Å². The number of aryl methyl sites for hydroxylation is 1. The molecule has 0 bridgehead atoms. The van der Waals surface area contributed by atoms with E-state index in [-0.39, 0.29) is 30.1 Å². The Balaban J connectivity index is 1.58. The molecule has 1 aromatic carbocycles. The summed E-state index contributed by atoms with van der Waals surface area (Å²) < 4.78 is 3.11. The average Bonchev–Trinajstić information content (AvgIpc) is 3.44. The molecule has 1 atom stereocenters. The number of nitrogens with zero attached hydrogens (tertiary/aromatic N) is 4. The van der Waals surface area contributed by atoms with Gasteiger partial charge in [0.2, 0.25) is 5.91 Å². The van der Waals surface area contributed by atoms with Crippen molar-refractivity contribution in [1.82, 2.24) is 24.9 Å². The second-order valence-corrected chi connectivity index (χ2v) is 8.27. The van der Waals surface area contributed by atoms with Crippen molar-refractivity contribution in [1.29, 1.82) is 0 Å². The summed E-state index contributed by atoms with van der Waals surface area (Å²) in [7, 11) is 0. The number of amides is 1. The molecule has 1 N–H and O–H groups in total. The minimum Gasteiger partial charge on any atom is -0.348 e. The highest BCUT2D eigenvalue weighted by Crippen LogP contribution is 2.41. The molecule has 152 valence electrons. The lowest BCUT2D eigenvalue weighted by atomic mass is 10.1. The molecule has 7 nitrogen and oxygen atoms in total. The largest absolute Gasteiger partial charge is 0.348 e. The number of hydrogen-bond donors (Lipinski definition) is 1. The standard InChI is InChI=1S/C22H27N5O2/c1-13(2)27-18-11-23-26(22(29)20(18)21(25-27)17-9-10-17)12-19(28)24-15(4)16-7-5-14(3)6-8-16/h5-8,11,13,15,17H,9-10,12H2,1-4H3,(H,24,28). The van der Waals surface area contributed by atoms with Crippen LogP contribution in [0.4, 0.5) is 0 Å². The molecule has 2 heterocycles. The molecule has 2 aromatic heterocycles. The van der Waals surface area contributed by atoms with Crippen molar-refractivity contribution in [2.75, 3.05) is 0 Å². The summed E-state index contributed by atoms with van der Waals surface area (Å²) >= 11 is 0. The molecule has 0 spiro atoms. The molecule has 29 heavy (non-hydrogen) atoms. The number of fused-ring (bicyclic) bond motifs is 1. The minimum atomic E-state index is -0.241. The van der Waals surface area contributed by atoms with Crippen molar-refractivity contribution in [3.05, 3.63) is 57.6 Å². The molecular weight excluding hydrogens is 366 g/mol. The maximum absolute atomic E-state index is 13.1. The average molecular weight is 393 g/mol. The monoisotopic (exact) mass is 393 g/mol. The molecular formula is C22H27N5O2. The normalized spacial score (nSPS) is 15.1. The number of carbonyl (C=O) groups excluding carboxylic acids is 1. The summed E-state index contributed by atoms with van der Waals surface area (Å²) in [6.45, 7) is 7.92. The first-order valence-corrected chi connectivity index (χ1v) is 10.2. The van der Waals surface area contributed by atoms with Gasteiger partial charge in [-0.2, -0.15) is 10.2 Å². The molecule has 0 radical (unpaired) electrons. The Kier molecular flexibility index (Phi) is 4.98. The van der Waals surface area contributed by atoms with Crippen LogP contribution in [0.1, 0.15) is 68.4 Å². The second kappa shape index (κ2) is 7.46. The summed E-state index contributed by atoms with van der Waals surface area (Å²) in [6.07, 6.45) is 3.77. The summed E-state index contributed by atoms with van der Waals surface area (Å²) in [6, 6.07) is 8.03. The van der Waals surface area contributed by atoms with E-state index in [1.54, 1.807) is 6.20 Å². The third-order valence-electron chi connectivity index (χ3n) is 5.44. The molecule has 1 aliphatic rings. The van der Waals surface area contributed by atoms with Crippen molar-refractivity contribution in [3.63, 3.8) is 0 Å². The highest BCUT2D eigenvalue weighted by Gasteiger charge is 2.31. The zero-order chi connectivity index (χ0) is 20.7. The van der Waals surface area contributed by atoms with Crippen LogP contribution >= 0.6 is 0 Å². The van der Waals surface area contributed by atoms with E-state index in [9.17, 15) is 9.59 Å². The predicted octanol–water partition coefficient (Wildman–Crippen LogP) is 3.24. The topological polar surface area (TPSA) is 81.8 Å². The molecule has 1 amide bonds. The van der Waals surface area contributed by atoms with Crippen LogP contribution in [0, 0.1) is 6.92 Å². The first kappa shape index (κ1) is 19.4. The van der Waals surface area contributed by atoms with Gasteiger partial charge >= 0.3 is 0 Å². The Hall–Kier alpha value is -2.96. The van der Waals surface area contributed by atoms with Crippen molar-refractivity contribution >= 4 is 16.8 Å². The second-order valence-electron chi connectivity index (χ2n) is 8.27. The third-order valence-corrected chi connectivity index (χ3v) is 5.44. The minimum absolute atomic E-state index is 0.109. The number of benzene rings is 1. The number of rotatable bonds is 6. The maximum Gasteiger partial charge on any atom is 0.278 e. The van der Waals surface area contributed by atoms with Crippen molar-refractivity contribution < 1.29 is 4.79 Å². The van der Waals surface area contributed by atoms with Gasteiger partial charge in [0.15, 0.2) is 0 Å². The van der Waals surface area contributed by atoms with Crippen LogP contribution in [-0.4, -0.2) is 25.5 Å². The van der Waals surface area contributed by atoms with E-state index in [2.05, 4.69) is 15.5 Å². The van der Waals surface area contributed by atoms with Crippen molar-refractivity contribution in [2.45, 2.75) is 65.1 Å². The van der Waals surface area contributed by atoms with Gasteiger partial charge in [-0.3, -0.25) is 14.3 Å². The summed E-state index contributed by atoms with van der Waals surface area (Å²) in [5.74, 6) is 0.104. The van der Waals surface area contributed by atoms with E-state index < -0.39 is 0 Å². The summed E-state index contributed by atoms with van der Waals surface area (Å²) in [5, 5.41) is 12.5.